The third kappa shape index (κ3) is 24.8. The molecule has 6 atom stereocenters. The maximum Gasteiger partial charge on any atom is 0.482 e. The number of ether oxygens (including phenoxy) is 3. The van der Waals surface area contributed by atoms with Crippen LogP contribution in [0.2, 0.25) is 5.02 Å². The van der Waals surface area contributed by atoms with Crippen LogP contribution in [0.4, 0.5) is 0 Å². The van der Waals surface area contributed by atoms with E-state index in [4.69, 9.17) is 35.1 Å². The third-order valence-electron chi connectivity index (χ3n) is 12.6. The molecule has 22 heteroatoms. The van der Waals surface area contributed by atoms with E-state index in [1.54, 1.807) is 114 Å². The highest BCUT2D eigenvalue weighted by Crippen LogP contribution is 2.38. The quantitative estimate of drug-likeness (QED) is 0.0255. The zero-order valence-corrected chi connectivity index (χ0v) is 51.1. The van der Waals surface area contributed by atoms with Crippen LogP contribution in [0.25, 0.3) is 0 Å². The van der Waals surface area contributed by atoms with Crippen molar-refractivity contribution < 1.29 is 66.7 Å². The maximum absolute atomic E-state index is 14.9. The summed E-state index contributed by atoms with van der Waals surface area (Å²) in [6.07, 6.45) is -0.302. The van der Waals surface area contributed by atoms with Gasteiger partial charge in [-0.2, -0.15) is 0 Å². The molecule has 6 N–H and O–H groups in total. The molecule has 0 saturated carbocycles. The Bertz CT molecular complexity index is 2330. The normalized spacial score (nSPS) is 16.6. The number of rotatable bonds is 26. The van der Waals surface area contributed by atoms with Gasteiger partial charge < -0.3 is 55.4 Å². The van der Waals surface area contributed by atoms with E-state index in [0.29, 0.717) is 16.1 Å². The van der Waals surface area contributed by atoms with Crippen LogP contribution >= 0.6 is 11.6 Å². The fraction of sp³-hybridized carbons (Fsp3) is 0.702. The lowest BCUT2D eigenvalue weighted by atomic mass is 9.76. The molecule has 0 radical (unpaired) electrons. The fourth-order valence-electron chi connectivity index (χ4n) is 8.05. The van der Waals surface area contributed by atoms with Crippen LogP contribution in [-0.2, 0) is 73.1 Å². The monoisotopic (exact) mass is 1130 g/mol. The fourth-order valence-corrected chi connectivity index (χ4v) is 8.28. The molecule has 79 heavy (non-hydrogen) atoms. The average molecular weight is 1130 g/mol. The van der Waals surface area contributed by atoms with Crippen molar-refractivity contribution in [1.29, 1.82) is 0 Å². The summed E-state index contributed by atoms with van der Waals surface area (Å²) in [6, 6.07) is -2.18. The number of hydrogen-bond acceptors (Lipinski definition) is 14. The lowest BCUT2D eigenvalue weighted by Crippen LogP contribution is -2.62. The SMILES string of the molecule is C=CCC(NC(=O)[C@H](CC(C)C)NC(=O)[C@@H](NC(=O)[C@H](Cc1ccc(Cl)cc1C)NC(=O)[C@H](CCC(=O)OC(C)(C)C)NC(=O)[C@H](CC(=O)OC(C)(C)C)NC(=O)CCC(=O)OC(C)(C)C)C(C)(C)C)B1OC(C)(C)C(C)(C)O1. The van der Waals surface area contributed by atoms with Crippen LogP contribution < -0.4 is 31.9 Å². The van der Waals surface area contributed by atoms with E-state index in [0.717, 1.165) is 0 Å². The molecule has 1 fully saturated rings. The summed E-state index contributed by atoms with van der Waals surface area (Å²) in [5, 5.41) is 16.9. The summed E-state index contributed by atoms with van der Waals surface area (Å²) in [6.45, 7) is 36.9. The number of benzene rings is 1. The van der Waals surface area contributed by atoms with Crippen molar-refractivity contribution >= 4 is 72.1 Å². The first-order chi connectivity index (χ1) is 35.9. The predicted molar refractivity (Wildman–Crippen MR) is 302 cm³/mol. The Morgan fingerprint density at radius 2 is 1.09 bits per heavy atom. The molecule has 2 rings (SSSR count). The standard InChI is InChI=1S/C57H92BClN6O14/c1-21-22-41(58-78-56(17,18)57(19,20)79-58)64-49(72)38(29-33(2)3)63-51(74)46(52(5,6)7)65-50(73)39(31-35-23-24-36(59)30-34(35)4)62-47(70)37(25-27-43(67)75-53(8,9)10)61-48(71)40(32-45(69)77-55(14,15)16)60-42(66)26-28-44(68)76-54(11,12)13/h21,23-24,30,33,37-41,46H,1,22,25-29,31-32H2,2-20H3,(H,60,66)(H,61,71)(H,62,70)(H,63,74)(H,64,72)(H,65,73)/t37-,38-,39-,40-,41?,46+/m0/s1. The molecule has 1 saturated heterocycles. The number of aryl methyl sites for hydroxylation is 1. The van der Waals surface area contributed by atoms with Crippen LogP contribution in [0.15, 0.2) is 30.9 Å². The van der Waals surface area contributed by atoms with E-state index in [2.05, 4.69) is 38.5 Å². The number of nitrogens with one attached hydrogen (secondary N) is 6. The molecule has 0 spiro atoms. The summed E-state index contributed by atoms with van der Waals surface area (Å²) < 4.78 is 28.8. The van der Waals surface area contributed by atoms with Crippen molar-refractivity contribution in [2.24, 2.45) is 11.3 Å². The Hall–Kier alpha value is -5.54. The Balaban J connectivity index is 2.64. The lowest BCUT2D eigenvalue weighted by Gasteiger charge is -2.34. The van der Waals surface area contributed by atoms with Crippen molar-refractivity contribution in [3.05, 3.63) is 47.0 Å². The molecule has 0 bridgehead atoms. The van der Waals surface area contributed by atoms with Gasteiger partial charge in [0.25, 0.3) is 0 Å². The third-order valence-corrected chi connectivity index (χ3v) is 12.8. The van der Waals surface area contributed by atoms with Gasteiger partial charge in [0.05, 0.1) is 30.0 Å². The number of hydrogen-bond donors (Lipinski definition) is 6. The van der Waals surface area contributed by atoms with E-state index >= 15 is 0 Å². The Labute approximate surface area is 474 Å². The molecule has 1 aliphatic rings. The highest BCUT2D eigenvalue weighted by atomic mass is 35.5. The highest BCUT2D eigenvalue weighted by Gasteiger charge is 2.54. The summed E-state index contributed by atoms with van der Waals surface area (Å²) in [4.78, 5) is 125. The minimum atomic E-state index is -1.65. The topological polar surface area (TPSA) is 272 Å². The summed E-state index contributed by atoms with van der Waals surface area (Å²) in [5.74, 6) is -7.86. The maximum atomic E-state index is 14.9. The van der Waals surface area contributed by atoms with Gasteiger partial charge in [-0.25, -0.2) is 0 Å². The number of carbonyl (C=O) groups is 9. The predicted octanol–water partition coefficient (Wildman–Crippen LogP) is 6.38. The van der Waals surface area contributed by atoms with Gasteiger partial charge >= 0.3 is 25.0 Å². The van der Waals surface area contributed by atoms with Crippen molar-refractivity contribution in [3.8, 4) is 0 Å². The Morgan fingerprint density at radius 3 is 1.58 bits per heavy atom. The van der Waals surface area contributed by atoms with Crippen molar-refractivity contribution in [2.45, 2.75) is 247 Å². The smallest absolute Gasteiger partial charge is 0.460 e. The second-order valence-corrected chi connectivity index (χ2v) is 26.2. The highest BCUT2D eigenvalue weighted by molar-refractivity contribution is 6.48. The van der Waals surface area contributed by atoms with E-state index in [-0.39, 0.29) is 38.0 Å². The van der Waals surface area contributed by atoms with Gasteiger partial charge in [0.15, 0.2) is 0 Å². The van der Waals surface area contributed by atoms with Gasteiger partial charge in [-0.1, -0.05) is 58.4 Å². The molecule has 6 amide bonds. The molecular formula is C57H92BClN6O14. The van der Waals surface area contributed by atoms with Gasteiger partial charge in [-0.15, -0.1) is 6.58 Å². The molecule has 444 valence electrons. The molecule has 0 aromatic heterocycles. The van der Waals surface area contributed by atoms with Gasteiger partial charge in [-0.05, 0) is 151 Å². The summed E-state index contributed by atoms with van der Waals surface area (Å²) in [5.41, 5.74) is -3.89. The molecule has 1 aromatic carbocycles. The minimum absolute atomic E-state index is 0.0765. The van der Waals surface area contributed by atoms with Crippen LogP contribution in [0.3, 0.4) is 0 Å². The van der Waals surface area contributed by atoms with Crippen molar-refractivity contribution in [2.75, 3.05) is 0 Å². The molecule has 1 unspecified atom stereocenters. The van der Waals surface area contributed by atoms with E-state index in [9.17, 15) is 43.2 Å². The number of halogens is 1. The van der Waals surface area contributed by atoms with Crippen LogP contribution in [0.5, 0.6) is 0 Å². The van der Waals surface area contributed by atoms with E-state index < -0.39 is 149 Å². The first kappa shape index (κ1) is 69.6. The van der Waals surface area contributed by atoms with Crippen molar-refractivity contribution in [1.82, 2.24) is 31.9 Å². The largest absolute Gasteiger partial charge is 0.482 e. The first-order valence-electron chi connectivity index (χ1n) is 27.1. The first-order valence-corrected chi connectivity index (χ1v) is 27.5. The Kier molecular flexibility index (Phi) is 25.3. The molecular weight excluding hydrogens is 1040 g/mol. The molecule has 0 aliphatic carbocycles. The average Bonchev–Trinajstić information content (AvgIpc) is 3.48. The molecule has 20 nitrogen and oxygen atoms in total. The second kappa shape index (κ2) is 28.7. The van der Waals surface area contributed by atoms with Crippen LogP contribution in [0, 0.1) is 18.3 Å². The zero-order chi connectivity index (χ0) is 60.8. The second-order valence-electron chi connectivity index (χ2n) is 25.8. The number of carbonyl (C=O) groups excluding carboxylic acids is 9. The van der Waals surface area contributed by atoms with Crippen LogP contribution in [-0.4, -0.2) is 125 Å². The van der Waals surface area contributed by atoms with Gasteiger partial charge in [0.1, 0.15) is 47.0 Å². The molecule has 1 aliphatic heterocycles. The van der Waals surface area contributed by atoms with Gasteiger partial charge in [-0.3, -0.25) is 43.2 Å². The minimum Gasteiger partial charge on any atom is -0.460 e. The summed E-state index contributed by atoms with van der Waals surface area (Å²) >= 11 is 6.32. The van der Waals surface area contributed by atoms with E-state index in [1.807, 2.05) is 41.5 Å². The number of amides is 6. The van der Waals surface area contributed by atoms with Gasteiger partial charge in [0, 0.05) is 24.3 Å². The van der Waals surface area contributed by atoms with Crippen LogP contribution in [0.1, 0.15) is 181 Å². The molecule has 1 heterocycles. The van der Waals surface area contributed by atoms with E-state index in [1.165, 1.54) is 0 Å². The van der Waals surface area contributed by atoms with Crippen molar-refractivity contribution in [3.63, 3.8) is 0 Å². The lowest BCUT2D eigenvalue weighted by molar-refractivity contribution is -0.158. The van der Waals surface area contributed by atoms with Gasteiger partial charge in [0.2, 0.25) is 35.4 Å². The molecule has 1 aromatic rings. The summed E-state index contributed by atoms with van der Waals surface area (Å²) in [7, 11) is -0.826. The Morgan fingerprint density at radius 1 is 0.620 bits per heavy atom. The zero-order valence-electron chi connectivity index (χ0n) is 50.4. The number of esters is 3.